The van der Waals surface area contributed by atoms with Crippen molar-refractivity contribution in [2.24, 2.45) is 0 Å². The number of rotatable bonds is 3. The Balaban J connectivity index is 1.54. The van der Waals surface area contributed by atoms with Crippen molar-refractivity contribution in [3.05, 3.63) is 34.7 Å². The SMILES string of the molecule is N#Cc1cc2c(s1)SCC(=O)N2CCc1ccc2c(c1)OCO2. The first-order chi connectivity index (χ1) is 11.2. The summed E-state index contributed by atoms with van der Waals surface area (Å²) >= 11 is 2.96. The summed E-state index contributed by atoms with van der Waals surface area (Å²) in [5.74, 6) is 2.04. The lowest BCUT2D eigenvalue weighted by Gasteiger charge is -2.26. The number of benzene rings is 1. The Bertz CT molecular complexity index is 825. The Morgan fingerprint density at radius 2 is 2.13 bits per heavy atom. The van der Waals surface area contributed by atoms with Crippen LogP contribution in [-0.4, -0.2) is 25.0 Å². The topological polar surface area (TPSA) is 62.6 Å². The largest absolute Gasteiger partial charge is 0.454 e. The minimum absolute atomic E-state index is 0.0885. The zero-order valence-electron chi connectivity index (χ0n) is 12.1. The van der Waals surface area contributed by atoms with E-state index < -0.39 is 0 Å². The number of hydrogen-bond acceptors (Lipinski definition) is 6. The van der Waals surface area contributed by atoms with Gasteiger partial charge >= 0.3 is 0 Å². The zero-order valence-corrected chi connectivity index (χ0v) is 13.7. The van der Waals surface area contributed by atoms with Crippen LogP contribution in [0.1, 0.15) is 10.4 Å². The average molecular weight is 344 g/mol. The first-order valence-electron chi connectivity index (χ1n) is 7.10. The van der Waals surface area contributed by atoms with Gasteiger partial charge in [-0.3, -0.25) is 4.79 Å². The summed E-state index contributed by atoms with van der Waals surface area (Å²) < 4.78 is 11.7. The van der Waals surface area contributed by atoms with Gasteiger partial charge in [-0.05, 0) is 30.2 Å². The van der Waals surface area contributed by atoms with Crippen LogP contribution in [0.15, 0.2) is 28.5 Å². The summed E-state index contributed by atoms with van der Waals surface area (Å²) in [6.07, 6.45) is 0.726. The number of nitrogens with zero attached hydrogens (tertiary/aromatic N) is 2. The molecular formula is C16H12N2O3S2. The van der Waals surface area contributed by atoms with E-state index in [0.29, 0.717) is 17.2 Å². The van der Waals surface area contributed by atoms with E-state index in [4.69, 9.17) is 14.7 Å². The van der Waals surface area contributed by atoms with Crippen LogP contribution in [0.2, 0.25) is 0 Å². The number of amides is 1. The van der Waals surface area contributed by atoms with E-state index >= 15 is 0 Å². The first kappa shape index (κ1) is 14.4. The smallest absolute Gasteiger partial charge is 0.237 e. The maximum absolute atomic E-state index is 12.2. The molecule has 1 aromatic heterocycles. The van der Waals surface area contributed by atoms with Gasteiger partial charge in [-0.1, -0.05) is 6.07 Å². The molecule has 2 aromatic rings. The molecule has 2 aliphatic heterocycles. The molecule has 0 atom stereocenters. The number of carbonyl (C=O) groups is 1. The molecule has 116 valence electrons. The molecule has 1 amide bonds. The van der Waals surface area contributed by atoms with Gasteiger partial charge in [-0.15, -0.1) is 23.1 Å². The summed E-state index contributed by atoms with van der Waals surface area (Å²) in [6, 6.07) is 9.82. The third kappa shape index (κ3) is 2.64. The van der Waals surface area contributed by atoms with Gasteiger partial charge in [0.05, 0.1) is 15.6 Å². The van der Waals surface area contributed by atoms with Gasteiger partial charge in [0.25, 0.3) is 0 Å². The third-order valence-corrected chi connectivity index (χ3v) is 6.06. The van der Waals surface area contributed by atoms with Crippen LogP contribution in [0.5, 0.6) is 11.5 Å². The molecule has 0 radical (unpaired) electrons. The number of hydrogen-bond donors (Lipinski definition) is 0. The van der Waals surface area contributed by atoms with Gasteiger partial charge in [0.2, 0.25) is 12.7 Å². The highest BCUT2D eigenvalue weighted by Gasteiger charge is 2.27. The van der Waals surface area contributed by atoms with Crippen molar-refractivity contribution in [3.63, 3.8) is 0 Å². The second-order valence-corrected chi connectivity index (χ2v) is 7.46. The molecule has 0 bridgehead atoms. The first-order valence-corrected chi connectivity index (χ1v) is 8.90. The lowest BCUT2D eigenvalue weighted by Crippen LogP contribution is -2.36. The third-order valence-electron chi connectivity index (χ3n) is 3.77. The van der Waals surface area contributed by atoms with Gasteiger partial charge in [-0.2, -0.15) is 5.26 Å². The van der Waals surface area contributed by atoms with E-state index in [0.717, 1.165) is 33.4 Å². The average Bonchev–Trinajstić information content (AvgIpc) is 3.19. The second kappa shape index (κ2) is 5.80. The van der Waals surface area contributed by atoms with Crippen molar-refractivity contribution in [2.45, 2.75) is 10.6 Å². The highest BCUT2D eigenvalue weighted by Crippen LogP contribution is 2.42. The van der Waals surface area contributed by atoms with Crippen molar-refractivity contribution in [2.75, 3.05) is 24.0 Å². The van der Waals surface area contributed by atoms with Crippen LogP contribution in [0, 0.1) is 11.3 Å². The molecule has 0 N–H and O–H groups in total. The maximum Gasteiger partial charge on any atom is 0.237 e. The number of carbonyl (C=O) groups excluding carboxylic acids is 1. The van der Waals surface area contributed by atoms with E-state index in [1.807, 2.05) is 24.3 Å². The minimum Gasteiger partial charge on any atom is -0.454 e. The van der Waals surface area contributed by atoms with Crippen molar-refractivity contribution in [3.8, 4) is 17.6 Å². The van der Waals surface area contributed by atoms with Crippen molar-refractivity contribution >= 4 is 34.7 Å². The Labute approximate surface area is 141 Å². The number of thioether (sulfide) groups is 1. The Kier molecular flexibility index (Phi) is 3.63. The van der Waals surface area contributed by atoms with Crippen molar-refractivity contribution < 1.29 is 14.3 Å². The monoisotopic (exact) mass is 344 g/mol. The van der Waals surface area contributed by atoms with E-state index in [9.17, 15) is 4.79 Å². The predicted molar refractivity (Wildman–Crippen MR) is 88.4 cm³/mol. The molecule has 0 aliphatic carbocycles. The minimum atomic E-state index is 0.0885. The summed E-state index contributed by atoms with van der Waals surface area (Å²) in [4.78, 5) is 14.7. The van der Waals surface area contributed by atoms with Crippen LogP contribution < -0.4 is 14.4 Å². The molecule has 0 fully saturated rings. The van der Waals surface area contributed by atoms with Crippen LogP contribution in [-0.2, 0) is 11.2 Å². The number of thiophene rings is 1. The molecule has 1 aromatic carbocycles. The highest BCUT2D eigenvalue weighted by molar-refractivity contribution is 8.02. The van der Waals surface area contributed by atoms with E-state index in [1.54, 1.807) is 4.90 Å². The number of anilines is 1. The summed E-state index contributed by atoms with van der Waals surface area (Å²) in [5, 5.41) is 9.06. The molecule has 0 unspecified atom stereocenters. The molecule has 4 rings (SSSR count). The molecule has 0 saturated carbocycles. The van der Waals surface area contributed by atoms with Gasteiger partial charge in [0.15, 0.2) is 11.5 Å². The highest BCUT2D eigenvalue weighted by atomic mass is 32.2. The van der Waals surface area contributed by atoms with Crippen molar-refractivity contribution in [1.29, 1.82) is 5.26 Å². The zero-order chi connectivity index (χ0) is 15.8. The fourth-order valence-corrected chi connectivity index (χ4v) is 4.73. The predicted octanol–water partition coefficient (Wildman–Crippen LogP) is 3.03. The maximum atomic E-state index is 12.2. The lowest BCUT2D eigenvalue weighted by atomic mass is 10.1. The fourth-order valence-electron chi connectivity index (χ4n) is 2.63. The summed E-state index contributed by atoms with van der Waals surface area (Å²) in [5.41, 5.74) is 1.96. The van der Waals surface area contributed by atoms with Crippen LogP contribution in [0.3, 0.4) is 0 Å². The molecule has 23 heavy (non-hydrogen) atoms. The van der Waals surface area contributed by atoms with E-state index in [1.165, 1.54) is 23.1 Å². The van der Waals surface area contributed by atoms with Gasteiger partial charge in [-0.25, -0.2) is 0 Å². The van der Waals surface area contributed by atoms with E-state index in [-0.39, 0.29) is 12.7 Å². The Morgan fingerprint density at radius 1 is 1.26 bits per heavy atom. The molecule has 5 nitrogen and oxygen atoms in total. The van der Waals surface area contributed by atoms with Gasteiger partial charge in [0, 0.05) is 6.54 Å². The summed E-state index contributed by atoms with van der Waals surface area (Å²) in [6.45, 7) is 0.851. The van der Waals surface area contributed by atoms with Gasteiger partial charge < -0.3 is 14.4 Å². The van der Waals surface area contributed by atoms with Crippen LogP contribution in [0.4, 0.5) is 5.69 Å². The summed E-state index contributed by atoms with van der Waals surface area (Å²) in [7, 11) is 0. The number of fused-ring (bicyclic) bond motifs is 2. The quantitative estimate of drug-likeness (QED) is 0.856. The number of ether oxygens (including phenoxy) is 2. The Hall–Kier alpha value is -2.17. The second-order valence-electron chi connectivity index (χ2n) is 5.17. The standard InChI is InChI=1S/C16H12N2O3S2/c17-7-11-6-12-16(23-11)22-8-15(19)18(12)4-3-10-1-2-13-14(5-10)21-9-20-13/h1-2,5-6H,3-4,8-9H2. The molecule has 2 aliphatic rings. The Morgan fingerprint density at radius 3 is 3.00 bits per heavy atom. The molecular weight excluding hydrogens is 332 g/mol. The van der Waals surface area contributed by atoms with E-state index in [2.05, 4.69) is 6.07 Å². The molecule has 0 saturated heterocycles. The van der Waals surface area contributed by atoms with Crippen LogP contribution in [0.25, 0.3) is 0 Å². The lowest BCUT2D eigenvalue weighted by molar-refractivity contribution is -0.116. The number of nitriles is 1. The molecule has 0 spiro atoms. The molecule has 3 heterocycles. The van der Waals surface area contributed by atoms with Crippen LogP contribution >= 0.6 is 23.1 Å². The van der Waals surface area contributed by atoms with Crippen molar-refractivity contribution in [1.82, 2.24) is 0 Å². The van der Waals surface area contributed by atoms with Gasteiger partial charge in [0.1, 0.15) is 10.9 Å². The normalized spacial score (nSPS) is 15.4. The molecule has 7 heteroatoms. The fraction of sp³-hybridized carbons (Fsp3) is 0.250.